The highest BCUT2D eigenvalue weighted by atomic mass is 79.9. The van der Waals surface area contributed by atoms with Gasteiger partial charge in [-0.15, -0.1) is 0 Å². The second-order valence-corrected chi connectivity index (χ2v) is 12.2. The van der Waals surface area contributed by atoms with E-state index in [0.717, 1.165) is 5.69 Å². The molecule has 0 saturated heterocycles. The minimum atomic E-state index is -2.13. The van der Waals surface area contributed by atoms with Crippen molar-refractivity contribution in [2.75, 3.05) is 5.73 Å². The molecule has 30 heavy (non-hydrogen) atoms. The fourth-order valence-electron chi connectivity index (χ4n) is 3.90. The smallest absolute Gasteiger partial charge is 0.187 e. The third-order valence-corrected chi connectivity index (χ3v) is 11.0. The van der Waals surface area contributed by atoms with Gasteiger partial charge in [0, 0.05) is 5.92 Å². The summed E-state index contributed by atoms with van der Waals surface area (Å²) in [6.07, 6.45) is 0. The summed E-state index contributed by atoms with van der Waals surface area (Å²) in [5, 5.41) is 4.66. The SMILES string of the molecule is Cc1cccc([P+](c2ccccc2)(c2ccccc2)c2sc(N)nc2C(C)C)c1.[Br-]. The molecular formula is C25H26BrN2PS. The van der Waals surface area contributed by atoms with Crippen molar-refractivity contribution in [2.45, 2.75) is 26.7 Å². The van der Waals surface area contributed by atoms with E-state index in [0.29, 0.717) is 11.0 Å². The molecule has 4 rings (SSSR count). The van der Waals surface area contributed by atoms with E-state index in [9.17, 15) is 0 Å². The molecule has 1 aromatic heterocycles. The normalized spacial score (nSPS) is 11.3. The molecule has 4 aromatic rings. The first-order chi connectivity index (χ1) is 14.0. The van der Waals surface area contributed by atoms with E-state index in [1.165, 1.54) is 26.1 Å². The lowest BCUT2D eigenvalue weighted by Crippen LogP contribution is -3.00. The molecule has 0 bridgehead atoms. The standard InChI is InChI=1S/C25H26N2PS.BrH/c1-18(2)23-24(29-25(26)27-23)28(20-12-6-4-7-13-20,21-14-8-5-9-15-21)22-16-10-11-19(3)17-22;/h4-18H,1-3H3,(H2,26,27);1H/q+1;/p-1. The van der Waals surface area contributed by atoms with E-state index in [1.807, 2.05) is 0 Å². The van der Waals surface area contributed by atoms with E-state index < -0.39 is 7.26 Å². The fraction of sp³-hybridized carbons (Fsp3) is 0.160. The molecule has 0 aliphatic heterocycles. The van der Waals surface area contributed by atoms with Crippen LogP contribution in [-0.2, 0) is 0 Å². The summed E-state index contributed by atoms with van der Waals surface area (Å²) in [4.78, 5) is 4.80. The summed E-state index contributed by atoms with van der Waals surface area (Å²) in [6, 6.07) is 30.8. The first kappa shape index (κ1) is 22.7. The molecular weight excluding hydrogens is 471 g/mol. The molecule has 2 nitrogen and oxygen atoms in total. The minimum absolute atomic E-state index is 0. The predicted octanol–water partition coefficient (Wildman–Crippen LogP) is 1.78. The van der Waals surface area contributed by atoms with Crippen LogP contribution in [0.1, 0.15) is 31.0 Å². The maximum Gasteiger partial charge on any atom is 0.187 e. The van der Waals surface area contributed by atoms with Gasteiger partial charge in [-0.1, -0.05) is 73.7 Å². The van der Waals surface area contributed by atoms with Crippen LogP contribution in [-0.4, -0.2) is 4.98 Å². The van der Waals surface area contributed by atoms with Crippen LogP contribution in [0.4, 0.5) is 5.13 Å². The molecule has 0 radical (unpaired) electrons. The van der Waals surface area contributed by atoms with Gasteiger partial charge in [-0.05, 0) is 48.9 Å². The maximum absolute atomic E-state index is 6.30. The highest BCUT2D eigenvalue weighted by molar-refractivity contribution is 8.04. The summed E-state index contributed by atoms with van der Waals surface area (Å²) >= 11 is 1.66. The Hall–Kier alpha value is -2.00. The molecule has 0 saturated carbocycles. The highest BCUT2D eigenvalue weighted by Crippen LogP contribution is 2.57. The number of nitrogens with two attached hydrogens (primary N) is 1. The van der Waals surface area contributed by atoms with Gasteiger partial charge in [0.2, 0.25) is 0 Å². The summed E-state index contributed by atoms with van der Waals surface area (Å²) < 4.78 is 1.31. The van der Waals surface area contributed by atoms with Crippen molar-refractivity contribution in [3.05, 3.63) is 96.2 Å². The number of anilines is 1. The van der Waals surface area contributed by atoms with Gasteiger partial charge in [0.1, 0.15) is 21.6 Å². The average Bonchev–Trinajstić information content (AvgIpc) is 3.13. The van der Waals surface area contributed by atoms with Crippen LogP contribution >= 0.6 is 18.6 Å². The first-order valence-corrected chi connectivity index (χ1v) is 12.5. The van der Waals surface area contributed by atoms with Crippen molar-refractivity contribution in [3.63, 3.8) is 0 Å². The molecule has 5 heteroatoms. The van der Waals surface area contributed by atoms with Crippen molar-refractivity contribution in [2.24, 2.45) is 0 Å². The molecule has 0 unspecified atom stereocenters. The quantitative estimate of drug-likeness (QED) is 0.427. The van der Waals surface area contributed by atoms with E-state index in [2.05, 4.69) is 106 Å². The molecule has 154 valence electrons. The second kappa shape index (κ2) is 9.43. The van der Waals surface area contributed by atoms with Gasteiger partial charge >= 0.3 is 0 Å². The lowest BCUT2D eigenvalue weighted by molar-refractivity contribution is -0.00000587. The zero-order chi connectivity index (χ0) is 20.4. The van der Waals surface area contributed by atoms with Crippen LogP contribution in [0.3, 0.4) is 0 Å². The summed E-state index contributed by atoms with van der Waals surface area (Å²) in [6.45, 7) is 6.58. The summed E-state index contributed by atoms with van der Waals surface area (Å²) in [5.74, 6) is 0.301. The van der Waals surface area contributed by atoms with Gasteiger partial charge < -0.3 is 22.7 Å². The molecule has 0 aliphatic rings. The van der Waals surface area contributed by atoms with Crippen LogP contribution in [0.2, 0.25) is 0 Å². The fourth-order valence-corrected chi connectivity index (χ4v) is 10.6. The monoisotopic (exact) mass is 496 g/mol. The minimum Gasteiger partial charge on any atom is -1.00 e. The van der Waals surface area contributed by atoms with Crippen LogP contribution in [0.5, 0.6) is 0 Å². The maximum atomic E-state index is 6.30. The molecule has 0 amide bonds. The molecule has 0 fully saturated rings. The Morgan fingerprint density at radius 2 is 1.33 bits per heavy atom. The van der Waals surface area contributed by atoms with Crippen LogP contribution in [0.25, 0.3) is 0 Å². The lowest BCUT2D eigenvalue weighted by Gasteiger charge is -2.27. The molecule has 3 aromatic carbocycles. The Labute approximate surface area is 194 Å². The number of hydrogen-bond donors (Lipinski definition) is 1. The third kappa shape index (κ3) is 3.97. The average molecular weight is 497 g/mol. The number of halogens is 1. The molecule has 0 spiro atoms. The number of nitrogen functional groups attached to an aromatic ring is 1. The second-order valence-electron chi connectivity index (χ2n) is 7.58. The topological polar surface area (TPSA) is 38.9 Å². The number of rotatable bonds is 5. The number of nitrogens with zero attached hydrogens (tertiary/aromatic N) is 1. The molecule has 1 heterocycles. The summed E-state index contributed by atoms with van der Waals surface area (Å²) in [7, 11) is -2.13. The van der Waals surface area contributed by atoms with E-state index in [4.69, 9.17) is 10.7 Å². The van der Waals surface area contributed by atoms with Gasteiger partial charge in [-0.3, -0.25) is 0 Å². The Kier molecular flexibility index (Phi) is 7.13. The molecule has 0 atom stereocenters. The van der Waals surface area contributed by atoms with Gasteiger partial charge in [0.05, 0.1) is 0 Å². The number of aromatic nitrogens is 1. The zero-order valence-corrected chi connectivity index (χ0v) is 20.7. The van der Waals surface area contributed by atoms with Crippen molar-refractivity contribution < 1.29 is 17.0 Å². The van der Waals surface area contributed by atoms with Crippen LogP contribution in [0, 0.1) is 6.92 Å². The largest absolute Gasteiger partial charge is 1.00 e. The molecule has 0 aliphatic carbocycles. The lowest BCUT2D eigenvalue weighted by atomic mass is 10.2. The van der Waals surface area contributed by atoms with Gasteiger partial charge in [0.25, 0.3) is 0 Å². The van der Waals surface area contributed by atoms with Crippen molar-refractivity contribution in [1.29, 1.82) is 0 Å². The van der Waals surface area contributed by atoms with E-state index >= 15 is 0 Å². The third-order valence-electron chi connectivity index (χ3n) is 5.18. The van der Waals surface area contributed by atoms with Gasteiger partial charge in [-0.2, -0.15) is 0 Å². The van der Waals surface area contributed by atoms with E-state index in [-0.39, 0.29) is 17.0 Å². The van der Waals surface area contributed by atoms with Gasteiger partial charge in [-0.25, -0.2) is 4.98 Å². The number of benzene rings is 3. The Morgan fingerprint density at radius 3 is 1.83 bits per heavy atom. The van der Waals surface area contributed by atoms with Crippen LogP contribution < -0.4 is 43.2 Å². The zero-order valence-electron chi connectivity index (χ0n) is 17.4. The number of thiazole rings is 1. The van der Waals surface area contributed by atoms with Gasteiger partial charge in [0.15, 0.2) is 17.0 Å². The van der Waals surface area contributed by atoms with Crippen molar-refractivity contribution in [1.82, 2.24) is 4.98 Å². The molecule has 2 N–H and O–H groups in total. The predicted molar refractivity (Wildman–Crippen MR) is 130 cm³/mol. The van der Waals surface area contributed by atoms with Crippen molar-refractivity contribution in [3.8, 4) is 0 Å². The van der Waals surface area contributed by atoms with E-state index in [1.54, 1.807) is 11.3 Å². The highest BCUT2D eigenvalue weighted by Gasteiger charge is 2.51. The Bertz CT molecular complexity index is 1070. The van der Waals surface area contributed by atoms with Crippen LogP contribution in [0.15, 0.2) is 84.9 Å². The number of aryl methyl sites for hydroxylation is 1. The number of hydrogen-bond acceptors (Lipinski definition) is 3. The Morgan fingerprint density at radius 1 is 0.800 bits per heavy atom. The first-order valence-electron chi connectivity index (χ1n) is 9.87. The summed E-state index contributed by atoms with van der Waals surface area (Å²) in [5.41, 5.74) is 8.69. The van der Waals surface area contributed by atoms with Crippen molar-refractivity contribution >= 4 is 44.3 Å². The Balaban J connectivity index is 0.00000256.